The topological polar surface area (TPSA) is 58.2 Å². The van der Waals surface area contributed by atoms with Crippen LogP contribution in [0.2, 0.25) is 5.02 Å². The lowest BCUT2D eigenvalue weighted by molar-refractivity contribution is 0.603. The molecule has 0 unspecified atom stereocenters. The second kappa shape index (κ2) is 7.11. The molecule has 0 bridgehead atoms. The maximum absolute atomic E-state index is 12.4. The van der Waals surface area contributed by atoms with Crippen LogP contribution in [-0.2, 0) is 16.4 Å². The van der Waals surface area contributed by atoms with Gasteiger partial charge in [-0.3, -0.25) is 4.72 Å². The lowest BCUT2D eigenvalue weighted by atomic mass is 10.3. The Balaban J connectivity index is 2.19. The van der Waals surface area contributed by atoms with Crippen LogP contribution in [0.5, 0.6) is 0 Å². The zero-order chi connectivity index (χ0) is 15.5. The van der Waals surface area contributed by atoms with Crippen molar-refractivity contribution in [3.8, 4) is 0 Å². The summed E-state index contributed by atoms with van der Waals surface area (Å²) in [4.78, 5) is 1.03. The molecule has 4 nitrogen and oxygen atoms in total. The van der Waals surface area contributed by atoms with Crippen molar-refractivity contribution in [2.45, 2.75) is 10.6 Å². The van der Waals surface area contributed by atoms with Gasteiger partial charge in [0.25, 0.3) is 10.0 Å². The molecule has 1 aromatic heterocycles. The van der Waals surface area contributed by atoms with E-state index in [2.05, 4.69) is 26.0 Å². The summed E-state index contributed by atoms with van der Waals surface area (Å²) in [6.07, 6.45) is 0.807. The van der Waals surface area contributed by atoms with Crippen molar-refractivity contribution < 1.29 is 8.42 Å². The lowest BCUT2D eigenvalue weighted by Crippen LogP contribution is -2.12. The Labute approximate surface area is 141 Å². The van der Waals surface area contributed by atoms with Crippen molar-refractivity contribution in [3.63, 3.8) is 0 Å². The second-order valence-electron chi connectivity index (χ2n) is 4.30. The minimum absolute atomic E-state index is 0.301. The normalized spacial score (nSPS) is 11.6. The largest absolute Gasteiger partial charge is 0.319 e. The van der Waals surface area contributed by atoms with E-state index in [1.165, 1.54) is 11.3 Å². The number of likely N-dealkylation sites (N-methyl/N-ethyl adjacent to an activating group) is 1. The van der Waals surface area contributed by atoms with E-state index in [9.17, 15) is 8.42 Å². The maximum atomic E-state index is 12.4. The minimum atomic E-state index is -3.58. The number of halogens is 2. The number of anilines is 1. The van der Waals surface area contributed by atoms with Crippen LogP contribution in [-0.4, -0.2) is 22.0 Å². The summed E-state index contributed by atoms with van der Waals surface area (Å²) in [5.41, 5.74) is 0.463. The number of nitrogens with one attached hydrogen (secondary N) is 2. The van der Waals surface area contributed by atoms with Crippen molar-refractivity contribution in [2.24, 2.45) is 0 Å². The molecule has 0 amide bonds. The molecule has 21 heavy (non-hydrogen) atoms. The van der Waals surface area contributed by atoms with Crippen molar-refractivity contribution in [1.82, 2.24) is 5.32 Å². The average Bonchev–Trinajstić information content (AvgIpc) is 2.89. The van der Waals surface area contributed by atoms with Crippen molar-refractivity contribution in [3.05, 3.63) is 44.7 Å². The number of hydrogen-bond donors (Lipinski definition) is 2. The molecule has 2 rings (SSSR count). The van der Waals surface area contributed by atoms with E-state index >= 15 is 0 Å². The Morgan fingerprint density at radius 1 is 1.29 bits per heavy atom. The molecule has 2 aromatic rings. The molecule has 0 atom stereocenters. The Morgan fingerprint density at radius 3 is 2.71 bits per heavy atom. The van der Waals surface area contributed by atoms with E-state index < -0.39 is 10.0 Å². The fraction of sp³-hybridized carbons (Fsp3) is 0.231. The van der Waals surface area contributed by atoms with E-state index in [4.69, 9.17) is 11.6 Å². The molecular weight excluding hydrogens is 396 g/mol. The van der Waals surface area contributed by atoms with Gasteiger partial charge in [-0.2, -0.15) is 0 Å². The Morgan fingerprint density at radius 2 is 2.05 bits per heavy atom. The number of hydrogen-bond acceptors (Lipinski definition) is 4. The highest BCUT2D eigenvalue weighted by Gasteiger charge is 2.18. The quantitative estimate of drug-likeness (QED) is 0.764. The van der Waals surface area contributed by atoms with Gasteiger partial charge in [0, 0.05) is 14.4 Å². The van der Waals surface area contributed by atoms with Gasteiger partial charge in [0.2, 0.25) is 0 Å². The molecule has 0 spiro atoms. The minimum Gasteiger partial charge on any atom is -0.319 e. The van der Waals surface area contributed by atoms with Gasteiger partial charge >= 0.3 is 0 Å². The molecule has 1 aromatic carbocycles. The van der Waals surface area contributed by atoms with Crippen LogP contribution < -0.4 is 10.0 Å². The molecule has 0 saturated heterocycles. The highest BCUT2D eigenvalue weighted by atomic mass is 79.9. The fourth-order valence-corrected chi connectivity index (χ4v) is 5.00. The van der Waals surface area contributed by atoms with Crippen molar-refractivity contribution >= 4 is 54.6 Å². The molecular formula is C13H14BrClN2O2S2. The summed E-state index contributed by atoms with van der Waals surface area (Å²) >= 11 is 10.4. The summed E-state index contributed by atoms with van der Waals surface area (Å²) in [5, 5.41) is 3.58. The van der Waals surface area contributed by atoms with E-state index in [-0.39, 0.29) is 0 Å². The summed E-state index contributed by atoms with van der Waals surface area (Å²) in [5.74, 6) is 0. The Bertz CT molecular complexity index is 732. The van der Waals surface area contributed by atoms with Crippen molar-refractivity contribution in [1.29, 1.82) is 0 Å². The van der Waals surface area contributed by atoms with Crippen LogP contribution in [0.1, 0.15) is 4.88 Å². The van der Waals surface area contributed by atoms with Gasteiger partial charge in [-0.25, -0.2) is 8.42 Å². The smallest absolute Gasteiger partial charge is 0.271 e. The monoisotopic (exact) mass is 408 g/mol. The molecule has 1 heterocycles. The summed E-state index contributed by atoms with van der Waals surface area (Å²) in [6.45, 7) is 0.816. The predicted octanol–water partition coefficient (Wildman–Crippen LogP) is 3.73. The van der Waals surface area contributed by atoms with Gasteiger partial charge in [0.1, 0.15) is 4.21 Å². The summed E-state index contributed by atoms with van der Waals surface area (Å²) < 4.78 is 28.2. The molecule has 0 aliphatic heterocycles. The highest BCUT2D eigenvalue weighted by Crippen LogP contribution is 2.30. The van der Waals surface area contributed by atoms with Crippen LogP contribution in [0.25, 0.3) is 0 Å². The predicted molar refractivity (Wildman–Crippen MR) is 91.9 cm³/mol. The van der Waals surface area contributed by atoms with Crippen LogP contribution in [0, 0.1) is 0 Å². The molecule has 114 valence electrons. The van der Waals surface area contributed by atoms with Gasteiger partial charge in [-0.1, -0.05) is 11.6 Å². The zero-order valence-corrected chi connectivity index (χ0v) is 15.2. The first kappa shape index (κ1) is 16.8. The first-order valence-electron chi connectivity index (χ1n) is 6.13. The van der Waals surface area contributed by atoms with E-state index in [0.717, 1.165) is 17.8 Å². The van der Waals surface area contributed by atoms with Gasteiger partial charge in [0.15, 0.2) is 0 Å². The van der Waals surface area contributed by atoms with Gasteiger partial charge in [0.05, 0.1) is 5.69 Å². The van der Waals surface area contributed by atoms with E-state index in [0.29, 0.717) is 19.4 Å². The van der Waals surface area contributed by atoms with Crippen LogP contribution >= 0.6 is 38.9 Å². The highest BCUT2D eigenvalue weighted by molar-refractivity contribution is 9.10. The van der Waals surface area contributed by atoms with Crippen molar-refractivity contribution in [2.75, 3.05) is 18.3 Å². The van der Waals surface area contributed by atoms with Crippen LogP contribution in [0.15, 0.2) is 39.0 Å². The molecule has 0 fully saturated rings. The SMILES string of the molecule is CNCCc1ccc(S(=O)(=O)Nc2ccc(Cl)cc2Br)s1. The molecule has 2 N–H and O–H groups in total. The van der Waals surface area contributed by atoms with Gasteiger partial charge < -0.3 is 5.32 Å². The van der Waals surface area contributed by atoms with Crippen LogP contribution in [0.3, 0.4) is 0 Å². The number of thiophene rings is 1. The Kier molecular flexibility index (Phi) is 5.67. The standard InChI is InChI=1S/C13H14BrClN2O2S2/c1-16-7-6-10-3-5-13(20-10)21(18,19)17-12-4-2-9(15)8-11(12)14/h2-5,8,16-17H,6-7H2,1H3. The van der Waals surface area contributed by atoms with Crippen LogP contribution in [0.4, 0.5) is 5.69 Å². The first-order valence-corrected chi connectivity index (χ1v) is 9.60. The molecule has 0 saturated carbocycles. The number of sulfonamides is 1. The molecule has 8 heteroatoms. The third-order valence-corrected chi connectivity index (χ3v) is 6.59. The zero-order valence-electron chi connectivity index (χ0n) is 11.2. The van der Waals surface area contributed by atoms with E-state index in [1.807, 2.05) is 13.1 Å². The summed E-state index contributed by atoms with van der Waals surface area (Å²) in [6, 6.07) is 8.37. The molecule has 0 aliphatic rings. The average molecular weight is 410 g/mol. The molecule has 0 aliphatic carbocycles. The number of rotatable bonds is 6. The Hall–Kier alpha value is -0.600. The summed E-state index contributed by atoms with van der Waals surface area (Å²) in [7, 11) is -1.71. The van der Waals surface area contributed by atoms with Gasteiger partial charge in [-0.15, -0.1) is 11.3 Å². The third kappa shape index (κ3) is 4.43. The molecule has 0 radical (unpaired) electrons. The van der Waals surface area contributed by atoms with Gasteiger partial charge in [-0.05, 0) is 66.3 Å². The fourth-order valence-electron chi connectivity index (χ4n) is 1.65. The maximum Gasteiger partial charge on any atom is 0.271 e. The lowest BCUT2D eigenvalue weighted by Gasteiger charge is -2.08. The van der Waals surface area contributed by atoms with E-state index in [1.54, 1.807) is 24.3 Å². The third-order valence-electron chi connectivity index (χ3n) is 2.70. The first-order chi connectivity index (χ1) is 9.92. The second-order valence-corrected chi connectivity index (χ2v) is 8.67. The number of benzene rings is 1.